The molecular formula is C21H23N5O2. The van der Waals surface area contributed by atoms with Crippen molar-refractivity contribution in [2.45, 2.75) is 19.3 Å². The van der Waals surface area contributed by atoms with Crippen molar-refractivity contribution >= 4 is 5.78 Å². The molecular weight excluding hydrogens is 354 g/mol. The third-order valence-electron chi connectivity index (χ3n) is 5.03. The zero-order chi connectivity index (χ0) is 19.2. The number of Topliss-reactive ketones (excluding diaryl/α,β-unsaturated/α-hetero) is 1. The van der Waals surface area contributed by atoms with Crippen molar-refractivity contribution in [3.05, 3.63) is 66.0 Å². The molecule has 144 valence electrons. The molecule has 1 atom stereocenters. The highest BCUT2D eigenvalue weighted by molar-refractivity contribution is 5.98. The Morgan fingerprint density at radius 3 is 2.64 bits per heavy atom. The topological polar surface area (TPSA) is 84.0 Å². The van der Waals surface area contributed by atoms with Crippen LogP contribution < -0.4 is 4.74 Å². The molecule has 1 aliphatic rings. The highest BCUT2D eigenvalue weighted by atomic mass is 16.5. The minimum Gasteiger partial charge on any atom is -0.457 e. The second kappa shape index (κ2) is 8.75. The van der Waals surface area contributed by atoms with Crippen LogP contribution >= 0.6 is 0 Å². The second-order valence-electron chi connectivity index (χ2n) is 7.02. The molecule has 4 rings (SSSR count). The summed E-state index contributed by atoms with van der Waals surface area (Å²) in [7, 11) is 0. The molecule has 3 aromatic rings. The number of likely N-dealkylation sites (tertiary alicyclic amines) is 1. The van der Waals surface area contributed by atoms with Gasteiger partial charge in [-0.25, -0.2) is 0 Å². The molecule has 2 aromatic carbocycles. The number of aromatic nitrogens is 4. The summed E-state index contributed by atoms with van der Waals surface area (Å²) >= 11 is 0. The van der Waals surface area contributed by atoms with Crippen LogP contribution in [0.4, 0.5) is 0 Å². The van der Waals surface area contributed by atoms with Gasteiger partial charge in [0, 0.05) is 31.0 Å². The van der Waals surface area contributed by atoms with Gasteiger partial charge in [-0.1, -0.05) is 23.4 Å². The number of aromatic amines is 1. The molecule has 0 radical (unpaired) electrons. The molecule has 0 saturated carbocycles. The number of carbonyl (C=O) groups excluding carboxylic acids is 1. The van der Waals surface area contributed by atoms with Crippen LogP contribution in [0.3, 0.4) is 0 Å². The van der Waals surface area contributed by atoms with Gasteiger partial charge in [-0.3, -0.25) is 4.79 Å². The molecule has 1 N–H and O–H groups in total. The Balaban J connectivity index is 1.34. The minimum absolute atomic E-state index is 0.0277. The normalized spacial score (nSPS) is 17.4. The maximum absolute atomic E-state index is 12.9. The number of carbonyl (C=O) groups is 1. The molecule has 1 saturated heterocycles. The Morgan fingerprint density at radius 1 is 1.11 bits per heavy atom. The van der Waals surface area contributed by atoms with E-state index in [2.05, 4.69) is 25.5 Å². The van der Waals surface area contributed by atoms with E-state index in [0.717, 1.165) is 56.0 Å². The van der Waals surface area contributed by atoms with E-state index in [4.69, 9.17) is 4.74 Å². The van der Waals surface area contributed by atoms with Crippen molar-refractivity contribution in [2.24, 2.45) is 5.92 Å². The summed E-state index contributed by atoms with van der Waals surface area (Å²) in [5.41, 5.74) is 0.741. The number of ketones is 1. The summed E-state index contributed by atoms with van der Waals surface area (Å²) in [5, 5.41) is 14.0. The summed E-state index contributed by atoms with van der Waals surface area (Å²) in [6, 6.07) is 17.1. The highest BCUT2D eigenvalue weighted by Gasteiger charge is 2.26. The molecule has 1 aromatic heterocycles. The quantitative estimate of drug-likeness (QED) is 0.637. The molecule has 1 fully saturated rings. The number of H-pyrrole nitrogens is 1. The Bertz CT molecular complexity index is 881. The van der Waals surface area contributed by atoms with E-state index >= 15 is 0 Å². The summed E-state index contributed by atoms with van der Waals surface area (Å²) < 4.78 is 5.80. The molecule has 2 heterocycles. The first-order valence-electron chi connectivity index (χ1n) is 9.60. The number of nitrogens with zero attached hydrogens (tertiary/aromatic N) is 4. The van der Waals surface area contributed by atoms with E-state index in [9.17, 15) is 4.79 Å². The van der Waals surface area contributed by atoms with Gasteiger partial charge in [0.05, 0.1) is 0 Å². The first kappa shape index (κ1) is 18.3. The number of hydrogen-bond donors (Lipinski definition) is 1. The van der Waals surface area contributed by atoms with Crippen LogP contribution in [0.2, 0.25) is 0 Å². The van der Waals surface area contributed by atoms with Gasteiger partial charge >= 0.3 is 0 Å². The van der Waals surface area contributed by atoms with Crippen LogP contribution in [-0.2, 0) is 6.42 Å². The number of benzene rings is 2. The number of para-hydroxylation sites is 1. The fraction of sp³-hybridized carbons (Fsp3) is 0.333. The minimum atomic E-state index is 0.0277. The molecule has 28 heavy (non-hydrogen) atoms. The Hall–Kier alpha value is -3.06. The van der Waals surface area contributed by atoms with Crippen molar-refractivity contribution in [3.8, 4) is 11.5 Å². The first-order chi connectivity index (χ1) is 13.8. The molecule has 0 unspecified atom stereocenters. The van der Waals surface area contributed by atoms with Gasteiger partial charge in [-0.05, 0) is 55.8 Å². The van der Waals surface area contributed by atoms with Crippen molar-refractivity contribution in [1.82, 2.24) is 25.5 Å². The third kappa shape index (κ3) is 4.61. The van der Waals surface area contributed by atoms with Crippen LogP contribution in [0.5, 0.6) is 11.5 Å². The lowest BCUT2D eigenvalue weighted by molar-refractivity contribution is 0.0820. The summed E-state index contributed by atoms with van der Waals surface area (Å²) in [6.45, 7) is 2.62. The van der Waals surface area contributed by atoms with E-state index < -0.39 is 0 Å². The number of piperidine rings is 1. The first-order valence-corrected chi connectivity index (χ1v) is 9.60. The van der Waals surface area contributed by atoms with Gasteiger partial charge in [-0.15, -0.1) is 10.2 Å². The average Bonchev–Trinajstić information content (AvgIpc) is 3.27. The van der Waals surface area contributed by atoms with Crippen molar-refractivity contribution in [1.29, 1.82) is 0 Å². The van der Waals surface area contributed by atoms with Crippen molar-refractivity contribution in [2.75, 3.05) is 19.6 Å². The smallest absolute Gasteiger partial charge is 0.175 e. The number of nitrogens with one attached hydrogen (secondary N) is 1. The lowest BCUT2D eigenvalue weighted by Crippen LogP contribution is -2.39. The van der Waals surface area contributed by atoms with Crippen LogP contribution in [0.15, 0.2) is 54.6 Å². The van der Waals surface area contributed by atoms with Crippen LogP contribution in [0, 0.1) is 5.92 Å². The fourth-order valence-electron chi connectivity index (χ4n) is 3.57. The second-order valence-corrected chi connectivity index (χ2v) is 7.02. The third-order valence-corrected chi connectivity index (χ3v) is 5.03. The van der Waals surface area contributed by atoms with E-state index in [0.29, 0.717) is 5.82 Å². The summed E-state index contributed by atoms with van der Waals surface area (Å²) in [6.07, 6.45) is 2.70. The zero-order valence-corrected chi connectivity index (χ0v) is 15.6. The van der Waals surface area contributed by atoms with E-state index in [1.807, 2.05) is 54.6 Å². The maximum Gasteiger partial charge on any atom is 0.175 e. The van der Waals surface area contributed by atoms with Gasteiger partial charge in [0.1, 0.15) is 11.5 Å². The molecule has 0 aliphatic carbocycles. The number of ether oxygens (including phenoxy) is 1. The molecule has 7 heteroatoms. The largest absolute Gasteiger partial charge is 0.457 e. The fourth-order valence-corrected chi connectivity index (χ4v) is 3.57. The highest BCUT2D eigenvalue weighted by Crippen LogP contribution is 2.24. The average molecular weight is 377 g/mol. The van der Waals surface area contributed by atoms with E-state index in [-0.39, 0.29) is 11.7 Å². The van der Waals surface area contributed by atoms with Gasteiger partial charge in [0.15, 0.2) is 11.6 Å². The predicted molar refractivity (Wildman–Crippen MR) is 104 cm³/mol. The molecule has 1 aliphatic heterocycles. The molecule has 0 bridgehead atoms. The van der Waals surface area contributed by atoms with Gasteiger partial charge in [0.2, 0.25) is 0 Å². The van der Waals surface area contributed by atoms with Crippen LogP contribution in [-0.4, -0.2) is 50.9 Å². The van der Waals surface area contributed by atoms with Gasteiger partial charge in [-0.2, -0.15) is 5.21 Å². The summed E-state index contributed by atoms with van der Waals surface area (Å²) in [5.74, 6) is 2.46. The van der Waals surface area contributed by atoms with Gasteiger partial charge in [0.25, 0.3) is 0 Å². The van der Waals surface area contributed by atoms with E-state index in [1.54, 1.807) is 0 Å². The number of rotatable bonds is 7. The Labute approximate surface area is 163 Å². The van der Waals surface area contributed by atoms with Crippen LogP contribution in [0.1, 0.15) is 29.0 Å². The molecule has 7 nitrogen and oxygen atoms in total. The maximum atomic E-state index is 12.9. The van der Waals surface area contributed by atoms with Crippen molar-refractivity contribution in [3.63, 3.8) is 0 Å². The summed E-state index contributed by atoms with van der Waals surface area (Å²) in [4.78, 5) is 15.3. The van der Waals surface area contributed by atoms with Gasteiger partial charge < -0.3 is 9.64 Å². The molecule has 0 amide bonds. The predicted octanol–water partition coefficient (Wildman–Crippen LogP) is 3.13. The van der Waals surface area contributed by atoms with Crippen LogP contribution in [0.25, 0.3) is 0 Å². The number of tetrazole rings is 1. The molecule has 0 spiro atoms. The zero-order valence-electron chi connectivity index (χ0n) is 15.6. The Kier molecular flexibility index (Phi) is 5.72. The lowest BCUT2D eigenvalue weighted by atomic mass is 9.90. The number of hydrogen-bond acceptors (Lipinski definition) is 6. The standard InChI is InChI=1S/C21H23N5O2/c27-21(16-8-10-19(11-9-16)28-18-6-2-1-3-7-18)17-5-4-13-26(15-17)14-12-20-22-24-25-23-20/h1-3,6-11,17H,4-5,12-15H2,(H,22,23,24,25)/t17-/m1/s1. The van der Waals surface area contributed by atoms with E-state index in [1.165, 1.54) is 0 Å². The van der Waals surface area contributed by atoms with Crippen molar-refractivity contribution < 1.29 is 9.53 Å². The monoisotopic (exact) mass is 377 g/mol. The lowest BCUT2D eigenvalue weighted by Gasteiger charge is -2.31. The Morgan fingerprint density at radius 2 is 1.89 bits per heavy atom. The SMILES string of the molecule is O=C(c1ccc(Oc2ccccc2)cc1)[C@@H]1CCCN(CCc2nn[nH]n2)C1.